The zero-order valence-corrected chi connectivity index (χ0v) is 19.6. The van der Waals surface area contributed by atoms with Gasteiger partial charge >= 0.3 is 0 Å². The molecule has 170 valence electrons. The van der Waals surface area contributed by atoms with Crippen molar-refractivity contribution in [1.82, 2.24) is 24.2 Å². The van der Waals surface area contributed by atoms with Gasteiger partial charge in [0.1, 0.15) is 5.76 Å². The summed E-state index contributed by atoms with van der Waals surface area (Å²) in [5.41, 5.74) is 3.52. The van der Waals surface area contributed by atoms with Gasteiger partial charge in [-0.3, -0.25) is 14.5 Å². The van der Waals surface area contributed by atoms with Crippen LogP contribution in [0.15, 0.2) is 71.6 Å². The van der Waals surface area contributed by atoms with Gasteiger partial charge in [-0.15, -0.1) is 0 Å². The molecule has 0 bridgehead atoms. The van der Waals surface area contributed by atoms with E-state index < -0.39 is 0 Å². The number of aromatic nitrogens is 4. The van der Waals surface area contributed by atoms with Crippen LogP contribution in [0.5, 0.6) is 0 Å². The Morgan fingerprint density at radius 1 is 1.00 bits per heavy atom. The number of aryl methyl sites for hydroxylation is 1. The van der Waals surface area contributed by atoms with Crippen LogP contribution < -0.4 is 4.90 Å². The molecule has 1 saturated heterocycles. The zero-order valence-electron chi connectivity index (χ0n) is 18.8. The number of nitrogens with zero attached hydrogens (tertiary/aromatic N) is 6. The predicted molar refractivity (Wildman–Crippen MR) is 132 cm³/mol. The van der Waals surface area contributed by atoms with E-state index in [1.807, 2.05) is 39.7 Å². The van der Waals surface area contributed by atoms with Crippen LogP contribution in [0, 0.1) is 11.7 Å². The van der Waals surface area contributed by atoms with Crippen molar-refractivity contribution in [3.05, 3.63) is 83.3 Å². The van der Waals surface area contributed by atoms with Gasteiger partial charge in [0.2, 0.25) is 0 Å². The first-order valence-electron chi connectivity index (χ1n) is 11.3. The molecule has 4 aromatic rings. The Balaban J connectivity index is 1.36. The van der Waals surface area contributed by atoms with Gasteiger partial charge in [0.25, 0.3) is 0 Å². The third-order valence-electron chi connectivity index (χ3n) is 6.06. The molecule has 0 amide bonds. The Hall–Kier alpha value is -3.23. The molecular weight excluding hydrogens is 432 g/mol. The van der Waals surface area contributed by atoms with E-state index in [1.165, 1.54) is 11.3 Å². The van der Waals surface area contributed by atoms with Crippen LogP contribution in [0.25, 0.3) is 11.4 Å². The largest absolute Gasteiger partial charge is 0.467 e. The van der Waals surface area contributed by atoms with Crippen molar-refractivity contribution < 1.29 is 4.42 Å². The van der Waals surface area contributed by atoms with E-state index in [2.05, 4.69) is 46.0 Å². The van der Waals surface area contributed by atoms with E-state index in [0.29, 0.717) is 18.0 Å². The van der Waals surface area contributed by atoms with Crippen LogP contribution in [0.4, 0.5) is 5.69 Å². The molecule has 3 aromatic heterocycles. The maximum atomic E-state index is 5.86. The summed E-state index contributed by atoms with van der Waals surface area (Å²) in [6.07, 6.45) is 6.38. The maximum absolute atomic E-state index is 5.86. The summed E-state index contributed by atoms with van der Waals surface area (Å²) in [6.45, 7) is 7.34. The highest BCUT2D eigenvalue weighted by molar-refractivity contribution is 7.71. The van der Waals surface area contributed by atoms with Crippen LogP contribution in [-0.2, 0) is 13.2 Å². The summed E-state index contributed by atoms with van der Waals surface area (Å²) in [5.74, 6) is 1.65. The Labute approximate surface area is 198 Å². The van der Waals surface area contributed by atoms with Crippen LogP contribution in [-0.4, -0.2) is 50.4 Å². The highest BCUT2D eigenvalue weighted by Crippen LogP contribution is 2.21. The van der Waals surface area contributed by atoms with E-state index in [-0.39, 0.29) is 0 Å². The number of hydrogen-bond acceptors (Lipinski definition) is 6. The van der Waals surface area contributed by atoms with Gasteiger partial charge in [0.05, 0.1) is 19.5 Å². The molecule has 1 aliphatic heterocycles. The number of furan rings is 1. The summed E-state index contributed by atoms with van der Waals surface area (Å²) < 4.78 is 10.2. The zero-order chi connectivity index (χ0) is 22.6. The average Bonchev–Trinajstić information content (AvgIpc) is 3.38. The van der Waals surface area contributed by atoms with Gasteiger partial charge in [-0.2, -0.15) is 5.10 Å². The monoisotopic (exact) mass is 460 g/mol. The third-order valence-corrected chi connectivity index (χ3v) is 6.49. The maximum Gasteiger partial charge on any atom is 0.199 e. The molecule has 1 fully saturated rings. The van der Waals surface area contributed by atoms with Crippen LogP contribution >= 0.6 is 12.2 Å². The molecule has 7 nitrogen and oxygen atoms in total. The van der Waals surface area contributed by atoms with Crippen molar-refractivity contribution in [2.45, 2.75) is 26.6 Å². The van der Waals surface area contributed by atoms with Crippen molar-refractivity contribution in [3.8, 4) is 11.4 Å². The minimum atomic E-state index is 0.539. The average molecular weight is 461 g/mol. The van der Waals surface area contributed by atoms with E-state index >= 15 is 0 Å². The molecule has 33 heavy (non-hydrogen) atoms. The van der Waals surface area contributed by atoms with Gasteiger partial charge in [-0.1, -0.05) is 17.7 Å². The minimum Gasteiger partial charge on any atom is -0.467 e. The van der Waals surface area contributed by atoms with Crippen molar-refractivity contribution in [2.24, 2.45) is 0 Å². The fourth-order valence-corrected chi connectivity index (χ4v) is 4.51. The van der Waals surface area contributed by atoms with E-state index in [9.17, 15) is 0 Å². The van der Waals surface area contributed by atoms with Gasteiger partial charge < -0.3 is 9.32 Å². The second-order valence-electron chi connectivity index (χ2n) is 8.45. The Morgan fingerprint density at radius 2 is 1.88 bits per heavy atom. The topological polar surface area (TPSA) is 55.3 Å². The van der Waals surface area contributed by atoms with Gasteiger partial charge in [-0.05, 0) is 62.0 Å². The fraction of sp³-hybridized carbons (Fsp3) is 0.320. The molecule has 0 unspecified atom stereocenters. The lowest BCUT2D eigenvalue weighted by molar-refractivity contribution is 0.219. The smallest absolute Gasteiger partial charge is 0.199 e. The molecule has 0 N–H and O–H groups in total. The highest BCUT2D eigenvalue weighted by Gasteiger charge is 2.19. The fourth-order valence-electron chi connectivity index (χ4n) is 4.26. The number of pyridine rings is 1. The molecule has 1 aliphatic rings. The Morgan fingerprint density at radius 3 is 2.64 bits per heavy atom. The standard InChI is InChI=1S/C25H28N6OS/c1-20-7-9-22(10-8-20)29-13-4-12-28(14-15-29)19-31-25(33)30(18-23-6-3-16-32-23)24(27-31)21-5-2-11-26-17-21/h2-3,5-11,16-17H,4,12-15,18-19H2,1H3. The summed E-state index contributed by atoms with van der Waals surface area (Å²) in [5, 5.41) is 4.91. The molecule has 0 atom stereocenters. The molecule has 0 radical (unpaired) electrons. The molecule has 0 saturated carbocycles. The lowest BCUT2D eigenvalue weighted by atomic mass is 10.2. The SMILES string of the molecule is Cc1ccc(N2CCCN(Cn3nc(-c4cccnc4)n(Cc4ccco4)c3=S)CC2)cc1. The summed E-state index contributed by atoms with van der Waals surface area (Å²) >= 11 is 5.86. The predicted octanol–water partition coefficient (Wildman–Crippen LogP) is 4.60. The molecule has 1 aromatic carbocycles. The van der Waals surface area contributed by atoms with Crippen molar-refractivity contribution in [3.63, 3.8) is 0 Å². The van der Waals surface area contributed by atoms with Crippen LogP contribution in [0.1, 0.15) is 17.7 Å². The number of hydrogen-bond donors (Lipinski definition) is 0. The van der Waals surface area contributed by atoms with Crippen LogP contribution in [0.3, 0.4) is 0 Å². The Kier molecular flexibility index (Phi) is 6.37. The van der Waals surface area contributed by atoms with Crippen molar-refractivity contribution in [2.75, 3.05) is 31.1 Å². The second kappa shape index (κ2) is 9.72. The van der Waals surface area contributed by atoms with Crippen molar-refractivity contribution in [1.29, 1.82) is 0 Å². The van der Waals surface area contributed by atoms with Gasteiger partial charge in [-0.25, -0.2) is 4.68 Å². The molecule has 0 spiro atoms. The number of rotatable bonds is 6. The summed E-state index contributed by atoms with van der Waals surface area (Å²) in [6, 6.07) is 16.6. The normalized spacial score (nSPS) is 15.0. The first kappa shape index (κ1) is 21.6. The highest BCUT2D eigenvalue weighted by atomic mass is 32.1. The van der Waals surface area contributed by atoms with E-state index in [4.69, 9.17) is 21.7 Å². The van der Waals surface area contributed by atoms with Gasteiger partial charge in [0.15, 0.2) is 10.6 Å². The number of benzene rings is 1. The van der Waals surface area contributed by atoms with E-state index in [1.54, 1.807) is 12.5 Å². The molecule has 4 heterocycles. The Bertz CT molecular complexity index is 1230. The van der Waals surface area contributed by atoms with Gasteiger partial charge in [0, 0.05) is 49.8 Å². The third kappa shape index (κ3) is 4.91. The lowest BCUT2D eigenvalue weighted by Crippen LogP contribution is -2.32. The summed E-state index contributed by atoms with van der Waals surface area (Å²) in [7, 11) is 0. The second-order valence-corrected chi connectivity index (χ2v) is 8.81. The van der Waals surface area contributed by atoms with Crippen molar-refractivity contribution >= 4 is 17.9 Å². The quantitative estimate of drug-likeness (QED) is 0.392. The molecule has 0 aliphatic carbocycles. The molecule has 5 rings (SSSR count). The minimum absolute atomic E-state index is 0.539. The first-order valence-corrected chi connectivity index (χ1v) is 11.7. The lowest BCUT2D eigenvalue weighted by Gasteiger charge is -2.23. The van der Waals surface area contributed by atoms with Crippen LogP contribution in [0.2, 0.25) is 0 Å². The van der Waals surface area contributed by atoms with E-state index in [0.717, 1.165) is 49.7 Å². The summed E-state index contributed by atoms with van der Waals surface area (Å²) in [4.78, 5) is 9.17. The number of anilines is 1. The first-order chi connectivity index (χ1) is 16.2. The molecular formula is C25H28N6OS. The molecule has 8 heteroatoms.